The molecule has 30 heavy (non-hydrogen) atoms. The molecule has 1 aliphatic heterocycles. The van der Waals surface area contributed by atoms with Crippen LogP contribution in [-0.2, 0) is 13.1 Å². The van der Waals surface area contributed by atoms with Gasteiger partial charge in [0.05, 0.1) is 18.8 Å². The van der Waals surface area contributed by atoms with Gasteiger partial charge in [-0.2, -0.15) is 0 Å². The zero-order valence-electron chi connectivity index (χ0n) is 18.1. The van der Waals surface area contributed by atoms with Crippen molar-refractivity contribution in [3.05, 3.63) is 52.2 Å². The molecule has 1 saturated heterocycles. The van der Waals surface area contributed by atoms with Crippen LogP contribution in [0.15, 0.2) is 33.7 Å². The number of oxazole rings is 1. The van der Waals surface area contributed by atoms with Crippen LogP contribution in [0.5, 0.6) is 0 Å². The van der Waals surface area contributed by atoms with Gasteiger partial charge in [0, 0.05) is 18.1 Å². The van der Waals surface area contributed by atoms with Gasteiger partial charge in [-0.15, -0.1) is 24.0 Å². The third-order valence-electron chi connectivity index (χ3n) is 5.41. The number of benzene rings is 1. The van der Waals surface area contributed by atoms with Crippen molar-refractivity contribution in [3.8, 4) is 0 Å². The summed E-state index contributed by atoms with van der Waals surface area (Å²) in [5, 5.41) is 7.59. The zero-order valence-corrected chi connectivity index (χ0v) is 21.2. The molecule has 0 spiro atoms. The van der Waals surface area contributed by atoms with Crippen LogP contribution in [0.2, 0.25) is 5.02 Å². The number of likely N-dealkylation sites (tertiary alicyclic amines) is 1. The van der Waals surface area contributed by atoms with Crippen LogP contribution in [-0.4, -0.2) is 42.0 Å². The Bertz CT molecular complexity index is 798. The highest BCUT2D eigenvalue weighted by atomic mass is 127. The van der Waals surface area contributed by atoms with Gasteiger partial charge in [0.15, 0.2) is 5.96 Å². The van der Waals surface area contributed by atoms with Gasteiger partial charge in [-0.25, -0.2) is 9.98 Å². The summed E-state index contributed by atoms with van der Waals surface area (Å²) < 4.78 is 5.72. The van der Waals surface area contributed by atoms with E-state index in [1.807, 2.05) is 38.1 Å². The Hall–Kier alpha value is -1.32. The van der Waals surface area contributed by atoms with Crippen LogP contribution in [0.3, 0.4) is 0 Å². The molecule has 0 radical (unpaired) electrons. The summed E-state index contributed by atoms with van der Waals surface area (Å²) >= 11 is 6.24. The lowest BCUT2D eigenvalue weighted by Gasteiger charge is -2.31. The lowest BCUT2D eigenvalue weighted by atomic mass is 9.97. The molecule has 2 N–H and O–H groups in total. The van der Waals surface area contributed by atoms with E-state index >= 15 is 0 Å². The van der Waals surface area contributed by atoms with Crippen molar-refractivity contribution >= 4 is 41.5 Å². The minimum atomic E-state index is 0. The second-order valence-corrected chi connectivity index (χ2v) is 8.04. The average molecular weight is 546 g/mol. The number of aryl methyl sites for hydroxylation is 2. The third kappa shape index (κ3) is 7.42. The third-order valence-corrected chi connectivity index (χ3v) is 5.78. The van der Waals surface area contributed by atoms with E-state index in [9.17, 15) is 0 Å². The fourth-order valence-electron chi connectivity index (χ4n) is 3.52. The number of hydrogen-bond donors (Lipinski definition) is 2. The van der Waals surface area contributed by atoms with Gasteiger partial charge in [-0.3, -0.25) is 4.90 Å². The molecule has 8 heteroatoms. The molecule has 0 atom stereocenters. The summed E-state index contributed by atoms with van der Waals surface area (Å²) in [7, 11) is 0. The molecule has 1 aromatic carbocycles. The van der Waals surface area contributed by atoms with Crippen LogP contribution < -0.4 is 10.6 Å². The van der Waals surface area contributed by atoms with Crippen LogP contribution >= 0.6 is 35.6 Å². The van der Waals surface area contributed by atoms with Crippen molar-refractivity contribution in [2.24, 2.45) is 10.9 Å². The monoisotopic (exact) mass is 545 g/mol. The highest BCUT2D eigenvalue weighted by Crippen LogP contribution is 2.19. The topological polar surface area (TPSA) is 65.7 Å². The van der Waals surface area contributed by atoms with Gasteiger partial charge in [0.1, 0.15) is 5.76 Å². The van der Waals surface area contributed by atoms with E-state index in [-0.39, 0.29) is 24.0 Å². The van der Waals surface area contributed by atoms with Gasteiger partial charge in [-0.1, -0.05) is 29.8 Å². The van der Waals surface area contributed by atoms with Crippen molar-refractivity contribution in [2.75, 3.05) is 26.2 Å². The maximum atomic E-state index is 6.24. The number of guanidine groups is 1. The molecule has 1 aromatic heterocycles. The van der Waals surface area contributed by atoms with E-state index in [0.717, 1.165) is 79.5 Å². The predicted molar refractivity (Wildman–Crippen MR) is 134 cm³/mol. The molecule has 0 saturated carbocycles. The summed E-state index contributed by atoms with van der Waals surface area (Å²) in [6.45, 7) is 11.3. The molecule has 0 aliphatic carbocycles. The van der Waals surface area contributed by atoms with E-state index < -0.39 is 0 Å². The number of hydrogen-bond acceptors (Lipinski definition) is 4. The lowest BCUT2D eigenvalue weighted by molar-refractivity contribution is 0.164. The molecule has 0 bridgehead atoms. The van der Waals surface area contributed by atoms with Crippen molar-refractivity contribution in [1.29, 1.82) is 0 Å². The first-order valence-corrected chi connectivity index (χ1v) is 10.8. The van der Waals surface area contributed by atoms with E-state index in [4.69, 9.17) is 16.0 Å². The van der Waals surface area contributed by atoms with Crippen molar-refractivity contribution < 1.29 is 4.42 Å². The van der Waals surface area contributed by atoms with E-state index in [1.54, 1.807) is 0 Å². The number of nitrogens with zero attached hydrogens (tertiary/aromatic N) is 3. The highest BCUT2D eigenvalue weighted by molar-refractivity contribution is 14.0. The van der Waals surface area contributed by atoms with Gasteiger partial charge < -0.3 is 15.1 Å². The second-order valence-electron chi connectivity index (χ2n) is 7.64. The largest absolute Gasteiger partial charge is 0.444 e. The van der Waals surface area contributed by atoms with Gasteiger partial charge in [0.2, 0.25) is 5.89 Å². The summed E-state index contributed by atoms with van der Waals surface area (Å²) in [5.41, 5.74) is 2.03. The number of halogens is 2. The zero-order chi connectivity index (χ0) is 20.6. The normalized spacial score (nSPS) is 15.7. The first kappa shape index (κ1) is 24.9. The molecule has 0 amide bonds. The summed E-state index contributed by atoms with van der Waals surface area (Å²) in [4.78, 5) is 11.6. The quantitative estimate of drug-likeness (QED) is 0.304. The molecule has 1 aliphatic rings. The SMILES string of the molecule is CCNC(=NCc1ccccc1Cl)NCC1CCN(Cc2nc(C)c(C)o2)CC1.I. The number of rotatable bonds is 7. The highest BCUT2D eigenvalue weighted by Gasteiger charge is 2.21. The van der Waals surface area contributed by atoms with E-state index in [0.29, 0.717) is 12.5 Å². The Morgan fingerprint density at radius 3 is 2.60 bits per heavy atom. The molecule has 3 rings (SSSR count). The number of piperidine rings is 1. The van der Waals surface area contributed by atoms with Gasteiger partial charge in [-0.05, 0) is 64.3 Å². The lowest BCUT2D eigenvalue weighted by Crippen LogP contribution is -2.42. The number of aromatic nitrogens is 1. The van der Waals surface area contributed by atoms with Crippen molar-refractivity contribution in [3.63, 3.8) is 0 Å². The number of nitrogens with one attached hydrogen (secondary N) is 2. The molecule has 2 aromatic rings. The Kier molecular flexibility index (Phi) is 10.4. The van der Waals surface area contributed by atoms with Gasteiger partial charge >= 0.3 is 0 Å². The molecule has 2 heterocycles. The van der Waals surface area contributed by atoms with E-state index in [2.05, 4.69) is 32.4 Å². The predicted octanol–water partition coefficient (Wildman–Crippen LogP) is 4.53. The molecule has 166 valence electrons. The van der Waals surface area contributed by atoms with Crippen molar-refractivity contribution in [2.45, 2.75) is 46.7 Å². The van der Waals surface area contributed by atoms with Gasteiger partial charge in [0.25, 0.3) is 0 Å². The smallest absolute Gasteiger partial charge is 0.208 e. The standard InChI is InChI=1S/C22H32ClN5O.HI/c1-4-24-22(26-14-19-7-5-6-8-20(19)23)25-13-18-9-11-28(12-10-18)15-21-27-16(2)17(3)29-21;/h5-8,18H,4,9-15H2,1-3H3,(H2,24,25,26);1H. The Morgan fingerprint density at radius 2 is 1.97 bits per heavy atom. The summed E-state index contributed by atoms with van der Waals surface area (Å²) in [5.74, 6) is 3.24. The van der Waals surface area contributed by atoms with E-state index in [1.165, 1.54) is 0 Å². The minimum Gasteiger partial charge on any atom is -0.444 e. The van der Waals surface area contributed by atoms with Crippen molar-refractivity contribution in [1.82, 2.24) is 20.5 Å². The van der Waals surface area contributed by atoms with Crippen LogP contribution in [0.1, 0.15) is 42.7 Å². The molecular formula is C22H33ClIN5O. The number of aliphatic imine (C=N–C) groups is 1. The Labute approximate surface area is 201 Å². The fraction of sp³-hybridized carbons (Fsp3) is 0.545. The molecular weight excluding hydrogens is 513 g/mol. The fourth-order valence-corrected chi connectivity index (χ4v) is 3.72. The maximum absolute atomic E-state index is 6.24. The Balaban J connectivity index is 0.00000320. The first-order valence-electron chi connectivity index (χ1n) is 10.5. The maximum Gasteiger partial charge on any atom is 0.208 e. The van der Waals surface area contributed by atoms with Crippen LogP contribution in [0.4, 0.5) is 0 Å². The molecule has 1 fully saturated rings. The summed E-state index contributed by atoms with van der Waals surface area (Å²) in [6.07, 6.45) is 2.32. The minimum absolute atomic E-state index is 0. The second kappa shape index (κ2) is 12.5. The van der Waals surface area contributed by atoms with Crippen LogP contribution in [0.25, 0.3) is 0 Å². The average Bonchev–Trinajstić information content (AvgIpc) is 3.03. The Morgan fingerprint density at radius 1 is 1.23 bits per heavy atom. The first-order chi connectivity index (χ1) is 14.0. The molecule has 6 nitrogen and oxygen atoms in total. The molecule has 0 unspecified atom stereocenters. The summed E-state index contributed by atoms with van der Waals surface area (Å²) in [6, 6.07) is 7.85. The van der Waals surface area contributed by atoms with Crippen LogP contribution in [0, 0.1) is 19.8 Å².